The second kappa shape index (κ2) is 4.23. The van der Waals surface area contributed by atoms with Crippen molar-refractivity contribution in [1.29, 1.82) is 0 Å². The molecule has 0 spiro atoms. The summed E-state index contributed by atoms with van der Waals surface area (Å²) in [5.41, 5.74) is 0. The first-order valence-electron chi connectivity index (χ1n) is 4.72. The van der Waals surface area contributed by atoms with Crippen molar-refractivity contribution in [1.82, 2.24) is 4.98 Å². The zero-order valence-corrected chi connectivity index (χ0v) is 8.65. The quantitative estimate of drug-likeness (QED) is 0.655. The number of rotatable bonds is 4. The van der Waals surface area contributed by atoms with Gasteiger partial charge in [0, 0.05) is 6.61 Å². The molecule has 0 bridgehead atoms. The van der Waals surface area contributed by atoms with E-state index in [2.05, 4.69) is 18.8 Å². The Bertz CT molecular complexity index is 105. The van der Waals surface area contributed by atoms with Gasteiger partial charge in [-0.05, 0) is 25.6 Å². The van der Waals surface area contributed by atoms with E-state index in [0.717, 1.165) is 13.2 Å². The van der Waals surface area contributed by atoms with Gasteiger partial charge in [-0.2, -0.15) is 0 Å². The summed E-state index contributed by atoms with van der Waals surface area (Å²) in [5, 5.41) is 0. The second-order valence-corrected chi connectivity index (χ2v) is 6.80. The molecule has 0 aromatic heterocycles. The van der Waals surface area contributed by atoms with E-state index in [1.54, 1.807) is 0 Å². The lowest BCUT2D eigenvalue weighted by Crippen LogP contribution is -2.50. The predicted molar refractivity (Wildman–Crippen MR) is 49.9 cm³/mol. The van der Waals surface area contributed by atoms with E-state index in [1.807, 2.05) is 0 Å². The third-order valence-electron chi connectivity index (χ3n) is 2.33. The van der Waals surface area contributed by atoms with Crippen molar-refractivity contribution in [3.05, 3.63) is 0 Å². The molecular formula is C8H19NOSi. The van der Waals surface area contributed by atoms with Gasteiger partial charge in [-0.15, -0.1) is 0 Å². The third-order valence-corrected chi connectivity index (χ3v) is 6.49. The van der Waals surface area contributed by atoms with Crippen LogP contribution in [-0.2, 0) is 4.43 Å². The maximum absolute atomic E-state index is 5.86. The van der Waals surface area contributed by atoms with Gasteiger partial charge in [0.15, 0.2) is 0 Å². The van der Waals surface area contributed by atoms with Gasteiger partial charge in [0.2, 0.25) is 0 Å². The Morgan fingerprint density at radius 1 is 1.27 bits per heavy atom. The molecule has 0 aliphatic carbocycles. The Kier molecular flexibility index (Phi) is 3.55. The molecule has 1 rings (SSSR count). The zero-order chi connectivity index (χ0) is 8.16. The van der Waals surface area contributed by atoms with E-state index < -0.39 is 8.48 Å². The van der Waals surface area contributed by atoms with Crippen molar-refractivity contribution >= 4 is 8.48 Å². The highest BCUT2D eigenvalue weighted by Gasteiger charge is 2.37. The van der Waals surface area contributed by atoms with Crippen molar-refractivity contribution in [3.63, 3.8) is 0 Å². The van der Waals surface area contributed by atoms with Crippen LogP contribution in [0.25, 0.3) is 0 Å². The maximum atomic E-state index is 5.86. The molecule has 0 unspecified atom stereocenters. The van der Waals surface area contributed by atoms with Gasteiger partial charge in [0.1, 0.15) is 0 Å². The molecule has 3 heteroatoms. The largest absolute Gasteiger partial charge is 0.403 e. The fraction of sp³-hybridized carbons (Fsp3) is 1.00. The van der Waals surface area contributed by atoms with E-state index in [-0.39, 0.29) is 0 Å². The smallest absolute Gasteiger partial charge is 0.268 e. The normalized spacial score (nSPS) is 22.4. The van der Waals surface area contributed by atoms with Crippen molar-refractivity contribution in [2.75, 3.05) is 13.2 Å². The Morgan fingerprint density at radius 3 is 2.36 bits per heavy atom. The first-order chi connectivity index (χ1) is 5.33. The Balaban J connectivity index is 2.40. The van der Waals surface area contributed by atoms with Crippen LogP contribution in [0.3, 0.4) is 0 Å². The van der Waals surface area contributed by atoms with Crippen molar-refractivity contribution in [3.8, 4) is 0 Å². The Labute approximate surface area is 70.5 Å². The summed E-state index contributed by atoms with van der Waals surface area (Å²) in [6.45, 7) is 6.24. The molecule has 1 fully saturated rings. The molecule has 1 heterocycles. The van der Waals surface area contributed by atoms with Gasteiger partial charge in [-0.3, -0.25) is 0 Å². The minimum Gasteiger partial charge on any atom is -0.403 e. The molecule has 1 N–H and O–H groups in total. The van der Waals surface area contributed by atoms with Gasteiger partial charge >= 0.3 is 0 Å². The van der Waals surface area contributed by atoms with Gasteiger partial charge in [0.05, 0.1) is 0 Å². The molecule has 2 nitrogen and oxygen atoms in total. The van der Waals surface area contributed by atoms with Gasteiger partial charge in [0.25, 0.3) is 8.48 Å². The minimum absolute atomic E-state index is 0.888. The van der Waals surface area contributed by atoms with Crippen LogP contribution in [0, 0.1) is 0 Å². The lowest BCUT2D eigenvalue weighted by atomic mass is 10.4. The molecule has 0 aromatic carbocycles. The summed E-state index contributed by atoms with van der Waals surface area (Å²) in [6.07, 6.45) is 2.75. The lowest BCUT2D eigenvalue weighted by Gasteiger charge is -2.26. The number of hydrogen-bond donors (Lipinski definition) is 1. The molecule has 1 aliphatic heterocycles. The molecule has 1 saturated heterocycles. The van der Waals surface area contributed by atoms with Crippen LogP contribution >= 0.6 is 0 Å². The highest BCUT2D eigenvalue weighted by atomic mass is 28.4. The molecule has 1 aliphatic rings. The standard InChI is InChI=1S/C8H19NOSi/c1-3-9-11(10-4-2)7-5-6-8-11/h9H,3-8H2,1-2H3. The summed E-state index contributed by atoms with van der Waals surface area (Å²) in [5.74, 6) is 0. The van der Waals surface area contributed by atoms with E-state index in [4.69, 9.17) is 4.43 Å². The monoisotopic (exact) mass is 173 g/mol. The topological polar surface area (TPSA) is 21.3 Å². The minimum atomic E-state index is -1.38. The molecule has 11 heavy (non-hydrogen) atoms. The summed E-state index contributed by atoms with van der Waals surface area (Å²) >= 11 is 0. The summed E-state index contributed by atoms with van der Waals surface area (Å²) in [6, 6.07) is 2.66. The average Bonchev–Trinajstić information content (AvgIpc) is 2.39. The van der Waals surface area contributed by atoms with Gasteiger partial charge in [-0.25, -0.2) is 0 Å². The summed E-state index contributed by atoms with van der Waals surface area (Å²) in [4.78, 5) is 3.58. The average molecular weight is 173 g/mol. The van der Waals surface area contributed by atoms with E-state index in [0.29, 0.717) is 0 Å². The molecule has 0 radical (unpaired) electrons. The first kappa shape index (κ1) is 9.23. The van der Waals surface area contributed by atoms with Crippen LogP contribution in [0.4, 0.5) is 0 Å². The van der Waals surface area contributed by atoms with Crippen LogP contribution in [0.5, 0.6) is 0 Å². The van der Waals surface area contributed by atoms with Crippen LogP contribution in [-0.4, -0.2) is 21.6 Å². The highest BCUT2D eigenvalue weighted by molar-refractivity contribution is 6.72. The number of nitrogens with one attached hydrogen (secondary N) is 1. The summed E-state index contributed by atoms with van der Waals surface area (Å²) in [7, 11) is -1.38. The van der Waals surface area contributed by atoms with Crippen molar-refractivity contribution in [2.45, 2.75) is 38.8 Å². The highest BCUT2D eigenvalue weighted by Crippen LogP contribution is 2.28. The first-order valence-corrected chi connectivity index (χ1v) is 7.04. The zero-order valence-electron chi connectivity index (χ0n) is 7.65. The second-order valence-electron chi connectivity index (χ2n) is 3.16. The van der Waals surface area contributed by atoms with Crippen LogP contribution < -0.4 is 4.98 Å². The SMILES string of the molecule is CCN[Si]1(OCC)CCCC1. The van der Waals surface area contributed by atoms with Crippen LogP contribution in [0.1, 0.15) is 26.7 Å². The molecule has 0 aromatic rings. The summed E-state index contributed by atoms with van der Waals surface area (Å²) < 4.78 is 5.86. The molecule has 0 saturated carbocycles. The van der Waals surface area contributed by atoms with Gasteiger partial charge < -0.3 is 9.41 Å². The van der Waals surface area contributed by atoms with E-state index in [1.165, 1.54) is 24.9 Å². The van der Waals surface area contributed by atoms with Crippen LogP contribution in [0.15, 0.2) is 0 Å². The molecular weight excluding hydrogens is 154 g/mol. The fourth-order valence-corrected chi connectivity index (χ4v) is 5.75. The van der Waals surface area contributed by atoms with Crippen molar-refractivity contribution < 1.29 is 4.43 Å². The Morgan fingerprint density at radius 2 is 1.91 bits per heavy atom. The Hall–Kier alpha value is 0.137. The van der Waals surface area contributed by atoms with Gasteiger partial charge in [-0.1, -0.05) is 19.8 Å². The van der Waals surface area contributed by atoms with E-state index >= 15 is 0 Å². The predicted octanol–water partition coefficient (Wildman–Crippen LogP) is 1.87. The maximum Gasteiger partial charge on any atom is 0.268 e. The van der Waals surface area contributed by atoms with E-state index in [9.17, 15) is 0 Å². The molecule has 66 valence electrons. The fourth-order valence-electron chi connectivity index (χ4n) is 1.92. The van der Waals surface area contributed by atoms with Crippen LogP contribution in [0.2, 0.25) is 12.1 Å². The number of hydrogen-bond acceptors (Lipinski definition) is 2. The molecule has 0 atom stereocenters. The lowest BCUT2D eigenvalue weighted by molar-refractivity contribution is 0.314. The third kappa shape index (κ3) is 2.29. The van der Waals surface area contributed by atoms with Crippen molar-refractivity contribution in [2.24, 2.45) is 0 Å². The molecule has 0 amide bonds.